The molecule has 0 atom stereocenters. The topological polar surface area (TPSA) is 66.9 Å². The molecular formula is C18H22N4O3. The van der Waals surface area contributed by atoms with E-state index in [1.54, 1.807) is 18.1 Å². The van der Waals surface area contributed by atoms with Gasteiger partial charge in [0.15, 0.2) is 11.5 Å². The van der Waals surface area contributed by atoms with Crippen LogP contribution in [0.4, 0.5) is 16.3 Å². The van der Waals surface area contributed by atoms with Crippen LogP contribution < -0.4 is 19.7 Å². The molecule has 0 saturated carbocycles. The van der Waals surface area contributed by atoms with E-state index >= 15 is 0 Å². The molecule has 0 radical (unpaired) electrons. The van der Waals surface area contributed by atoms with Crippen molar-refractivity contribution in [1.82, 2.24) is 9.88 Å². The van der Waals surface area contributed by atoms with Crippen molar-refractivity contribution in [2.45, 2.75) is 6.54 Å². The summed E-state index contributed by atoms with van der Waals surface area (Å²) >= 11 is 0. The number of nitrogens with zero attached hydrogens (tertiary/aromatic N) is 3. The van der Waals surface area contributed by atoms with Crippen LogP contribution in [0.15, 0.2) is 36.5 Å². The van der Waals surface area contributed by atoms with Crippen LogP contribution in [0.1, 0.15) is 5.56 Å². The summed E-state index contributed by atoms with van der Waals surface area (Å²) in [7, 11) is 5.58. The molecule has 0 spiro atoms. The average molecular weight is 342 g/mol. The molecule has 2 heterocycles. The number of fused-ring (bicyclic) bond motifs is 1. The number of anilines is 2. The normalized spacial score (nSPS) is 12.4. The van der Waals surface area contributed by atoms with Crippen LogP contribution >= 0.6 is 0 Å². The van der Waals surface area contributed by atoms with Crippen molar-refractivity contribution in [1.29, 1.82) is 0 Å². The number of nitrogens with one attached hydrogen (secondary N) is 1. The lowest BCUT2D eigenvalue weighted by Crippen LogP contribution is -2.31. The number of urea groups is 1. The summed E-state index contributed by atoms with van der Waals surface area (Å²) in [6, 6.07) is 9.21. The summed E-state index contributed by atoms with van der Waals surface area (Å²) in [4.78, 5) is 20.1. The Morgan fingerprint density at radius 1 is 1.12 bits per heavy atom. The Labute approximate surface area is 147 Å². The Balaban J connectivity index is 1.60. The van der Waals surface area contributed by atoms with Crippen molar-refractivity contribution >= 4 is 17.5 Å². The molecular weight excluding hydrogens is 320 g/mol. The lowest BCUT2D eigenvalue weighted by molar-refractivity contribution is 0.171. The summed E-state index contributed by atoms with van der Waals surface area (Å²) in [6.45, 7) is 1.57. The number of hydrogen-bond donors (Lipinski definition) is 1. The van der Waals surface area contributed by atoms with Gasteiger partial charge in [-0.05, 0) is 29.8 Å². The third kappa shape index (κ3) is 4.12. The smallest absolute Gasteiger partial charge is 0.321 e. The van der Waals surface area contributed by atoms with Crippen LogP contribution in [-0.4, -0.2) is 50.3 Å². The molecule has 1 aromatic carbocycles. The minimum Gasteiger partial charge on any atom is -0.486 e. The number of amides is 2. The Bertz CT molecular complexity index is 746. The minimum atomic E-state index is -0.200. The number of pyridine rings is 1. The summed E-state index contributed by atoms with van der Waals surface area (Å²) in [5.74, 6) is 2.30. The van der Waals surface area contributed by atoms with E-state index in [9.17, 15) is 4.79 Å². The molecule has 132 valence electrons. The molecule has 0 unspecified atom stereocenters. The van der Waals surface area contributed by atoms with E-state index in [0.29, 0.717) is 25.4 Å². The van der Waals surface area contributed by atoms with Gasteiger partial charge in [0.2, 0.25) is 0 Å². The summed E-state index contributed by atoms with van der Waals surface area (Å²) in [5, 5.41) is 2.84. The highest BCUT2D eigenvalue weighted by atomic mass is 16.6. The van der Waals surface area contributed by atoms with Gasteiger partial charge < -0.3 is 24.6 Å². The molecule has 0 bridgehead atoms. The number of carbonyl (C=O) groups is 1. The maximum atomic E-state index is 12.3. The SMILES string of the molecule is CN(Cc1ccc2c(c1)OCCO2)C(=O)Nc1ccc(N(C)C)nc1. The van der Waals surface area contributed by atoms with Gasteiger partial charge in [-0.3, -0.25) is 0 Å². The minimum absolute atomic E-state index is 0.200. The third-order valence-electron chi connectivity index (χ3n) is 3.83. The van der Waals surface area contributed by atoms with E-state index in [1.165, 1.54) is 0 Å². The van der Waals surface area contributed by atoms with Crippen LogP contribution in [0.2, 0.25) is 0 Å². The molecule has 3 rings (SSSR count). The van der Waals surface area contributed by atoms with Crippen LogP contribution in [0, 0.1) is 0 Å². The molecule has 0 fully saturated rings. The molecule has 1 N–H and O–H groups in total. The number of ether oxygens (including phenoxy) is 2. The van der Waals surface area contributed by atoms with Gasteiger partial charge in [0.1, 0.15) is 19.0 Å². The van der Waals surface area contributed by atoms with E-state index in [2.05, 4.69) is 10.3 Å². The monoisotopic (exact) mass is 342 g/mol. The third-order valence-corrected chi connectivity index (χ3v) is 3.83. The Kier molecular flexibility index (Phi) is 4.92. The molecule has 0 saturated heterocycles. The first kappa shape index (κ1) is 16.9. The zero-order valence-electron chi connectivity index (χ0n) is 14.7. The Morgan fingerprint density at radius 3 is 2.56 bits per heavy atom. The van der Waals surface area contributed by atoms with Crippen LogP contribution in [0.3, 0.4) is 0 Å². The van der Waals surface area contributed by atoms with Gasteiger partial charge in [-0.1, -0.05) is 6.07 Å². The number of hydrogen-bond acceptors (Lipinski definition) is 5. The van der Waals surface area contributed by atoms with E-state index < -0.39 is 0 Å². The van der Waals surface area contributed by atoms with Gasteiger partial charge in [-0.2, -0.15) is 0 Å². The second-order valence-electron chi connectivity index (χ2n) is 6.06. The first-order chi connectivity index (χ1) is 12.0. The van der Waals surface area contributed by atoms with E-state index in [4.69, 9.17) is 9.47 Å². The molecule has 1 aliphatic rings. The molecule has 0 aliphatic carbocycles. The van der Waals surface area contributed by atoms with Crippen molar-refractivity contribution in [3.63, 3.8) is 0 Å². The van der Waals surface area contributed by atoms with Gasteiger partial charge in [-0.15, -0.1) is 0 Å². The zero-order chi connectivity index (χ0) is 17.8. The fraction of sp³-hybridized carbons (Fsp3) is 0.333. The lowest BCUT2D eigenvalue weighted by Gasteiger charge is -2.21. The highest BCUT2D eigenvalue weighted by Gasteiger charge is 2.14. The van der Waals surface area contributed by atoms with Crippen molar-refractivity contribution < 1.29 is 14.3 Å². The second-order valence-corrected chi connectivity index (χ2v) is 6.06. The van der Waals surface area contributed by atoms with Gasteiger partial charge in [0.05, 0.1) is 11.9 Å². The van der Waals surface area contributed by atoms with Crippen LogP contribution in [0.5, 0.6) is 11.5 Å². The molecule has 2 amide bonds. The van der Waals surface area contributed by atoms with Crippen molar-refractivity contribution in [3.8, 4) is 11.5 Å². The highest BCUT2D eigenvalue weighted by Crippen LogP contribution is 2.31. The molecule has 1 aliphatic heterocycles. The highest BCUT2D eigenvalue weighted by molar-refractivity contribution is 5.89. The molecule has 2 aromatic rings. The predicted octanol–water partition coefficient (Wildman–Crippen LogP) is 2.58. The first-order valence-corrected chi connectivity index (χ1v) is 8.07. The largest absolute Gasteiger partial charge is 0.486 e. The van der Waals surface area contributed by atoms with Gasteiger partial charge in [0, 0.05) is 27.7 Å². The summed E-state index contributed by atoms with van der Waals surface area (Å²) in [5.41, 5.74) is 1.63. The maximum Gasteiger partial charge on any atom is 0.321 e. The first-order valence-electron chi connectivity index (χ1n) is 8.07. The number of carbonyl (C=O) groups excluding carboxylic acids is 1. The average Bonchev–Trinajstić information content (AvgIpc) is 2.62. The zero-order valence-corrected chi connectivity index (χ0v) is 14.7. The molecule has 7 heteroatoms. The summed E-state index contributed by atoms with van der Waals surface area (Å²) < 4.78 is 11.1. The Morgan fingerprint density at radius 2 is 1.88 bits per heavy atom. The number of benzene rings is 1. The van der Waals surface area contributed by atoms with Gasteiger partial charge in [0.25, 0.3) is 0 Å². The van der Waals surface area contributed by atoms with E-state index in [-0.39, 0.29) is 6.03 Å². The van der Waals surface area contributed by atoms with Crippen LogP contribution in [-0.2, 0) is 6.54 Å². The fourth-order valence-electron chi connectivity index (χ4n) is 2.48. The maximum absolute atomic E-state index is 12.3. The van der Waals surface area contributed by atoms with Gasteiger partial charge >= 0.3 is 6.03 Å². The van der Waals surface area contributed by atoms with Crippen LogP contribution in [0.25, 0.3) is 0 Å². The van der Waals surface area contributed by atoms with Crippen molar-refractivity contribution in [2.24, 2.45) is 0 Å². The van der Waals surface area contributed by atoms with Crippen molar-refractivity contribution in [3.05, 3.63) is 42.1 Å². The lowest BCUT2D eigenvalue weighted by atomic mass is 10.2. The molecule has 25 heavy (non-hydrogen) atoms. The molecule has 7 nitrogen and oxygen atoms in total. The second kappa shape index (κ2) is 7.29. The standard InChI is InChI=1S/C18H22N4O3/c1-21(2)17-7-5-14(11-19-17)20-18(23)22(3)12-13-4-6-15-16(10-13)25-9-8-24-15/h4-7,10-11H,8-9,12H2,1-3H3,(H,20,23). The van der Waals surface area contributed by atoms with Gasteiger partial charge in [-0.25, -0.2) is 9.78 Å². The van der Waals surface area contributed by atoms with E-state index in [1.807, 2.05) is 49.3 Å². The summed E-state index contributed by atoms with van der Waals surface area (Å²) in [6.07, 6.45) is 1.64. The quantitative estimate of drug-likeness (QED) is 0.925. The van der Waals surface area contributed by atoms with E-state index in [0.717, 1.165) is 22.9 Å². The predicted molar refractivity (Wildman–Crippen MR) is 96.5 cm³/mol. The fourth-order valence-corrected chi connectivity index (χ4v) is 2.48. The Hall–Kier alpha value is -2.96. The molecule has 1 aromatic heterocycles. The van der Waals surface area contributed by atoms with Crippen molar-refractivity contribution in [2.75, 3.05) is 44.6 Å². The number of aromatic nitrogens is 1. The number of rotatable bonds is 4.